The standard InChI is InChI=1S/C15H14N2O4/c1-3-20-14(18)12-5-4-6-13(17-12)15(19)21-11-8-7-10(2)16-9-11/h4-9H,3H2,1-2H3. The Balaban J connectivity index is 2.14. The van der Waals surface area contributed by atoms with Crippen LogP contribution in [0.5, 0.6) is 5.75 Å². The molecule has 108 valence electrons. The van der Waals surface area contributed by atoms with Gasteiger partial charge in [-0.25, -0.2) is 14.6 Å². The third-order valence-electron chi connectivity index (χ3n) is 2.54. The number of ether oxygens (including phenoxy) is 2. The summed E-state index contributed by atoms with van der Waals surface area (Å²) in [6.07, 6.45) is 1.45. The van der Waals surface area contributed by atoms with E-state index in [0.717, 1.165) is 5.69 Å². The van der Waals surface area contributed by atoms with Crippen LogP contribution in [0.4, 0.5) is 0 Å². The fourth-order valence-electron chi connectivity index (χ4n) is 1.54. The summed E-state index contributed by atoms with van der Waals surface area (Å²) >= 11 is 0. The van der Waals surface area contributed by atoms with E-state index in [9.17, 15) is 9.59 Å². The summed E-state index contributed by atoms with van der Waals surface area (Å²) < 4.78 is 9.96. The van der Waals surface area contributed by atoms with Crippen molar-refractivity contribution in [3.63, 3.8) is 0 Å². The average Bonchev–Trinajstić information content (AvgIpc) is 2.50. The number of rotatable bonds is 4. The molecule has 0 aliphatic rings. The molecular weight excluding hydrogens is 272 g/mol. The second-order valence-corrected chi connectivity index (χ2v) is 4.15. The van der Waals surface area contributed by atoms with Crippen LogP contribution in [-0.4, -0.2) is 28.5 Å². The second-order valence-electron chi connectivity index (χ2n) is 4.15. The van der Waals surface area contributed by atoms with E-state index in [1.165, 1.54) is 18.3 Å². The van der Waals surface area contributed by atoms with E-state index in [1.54, 1.807) is 25.1 Å². The Morgan fingerprint density at radius 1 is 1.10 bits per heavy atom. The van der Waals surface area contributed by atoms with Crippen molar-refractivity contribution >= 4 is 11.9 Å². The molecular formula is C15H14N2O4. The van der Waals surface area contributed by atoms with Gasteiger partial charge in [-0.2, -0.15) is 0 Å². The topological polar surface area (TPSA) is 78.4 Å². The number of aromatic nitrogens is 2. The van der Waals surface area contributed by atoms with Gasteiger partial charge >= 0.3 is 11.9 Å². The SMILES string of the molecule is CCOC(=O)c1cccc(C(=O)Oc2ccc(C)nc2)n1. The van der Waals surface area contributed by atoms with Crippen LogP contribution in [0.15, 0.2) is 36.5 Å². The summed E-state index contributed by atoms with van der Waals surface area (Å²) in [6.45, 7) is 3.76. The number of hydrogen-bond acceptors (Lipinski definition) is 6. The zero-order chi connectivity index (χ0) is 15.2. The van der Waals surface area contributed by atoms with Gasteiger partial charge in [-0.05, 0) is 38.1 Å². The van der Waals surface area contributed by atoms with Gasteiger partial charge in [0.15, 0.2) is 0 Å². The van der Waals surface area contributed by atoms with Crippen molar-refractivity contribution in [2.24, 2.45) is 0 Å². The number of hydrogen-bond donors (Lipinski definition) is 0. The molecule has 0 amide bonds. The van der Waals surface area contributed by atoms with Gasteiger partial charge in [-0.3, -0.25) is 4.98 Å². The molecule has 2 aromatic rings. The first-order valence-electron chi connectivity index (χ1n) is 6.39. The summed E-state index contributed by atoms with van der Waals surface area (Å²) in [7, 11) is 0. The van der Waals surface area contributed by atoms with Crippen molar-refractivity contribution in [3.8, 4) is 5.75 Å². The van der Waals surface area contributed by atoms with Crippen LogP contribution in [0, 0.1) is 6.92 Å². The maximum absolute atomic E-state index is 12.0. The highest BCUT2D eigenvalue weighted by atomic mass is 16.5. The zero-order valence-electron chi connectivity index (χ0n) is 11.7. The van der Waals surface area contributed by atoms with E-state index < -0.39 is 11.9 Å². The molecule has 0 aliphatic heterocycles. The summed E-state index contributed by atoms with van der Waals surface area (Å²) in [6, 6.07) is 7.85. The fourth-order valence-corrected chi connectivity index (χ4v) is 1.54. The molecule has 0 unspecified atom stereocenters. The van der Waals surface area contributed by atoms with E-state index in [0.29, 0.717) is 5.75 Å². The lowest BCUT2D eigenvalue weighted by Crippen LogP contribution is -2.14. The van der Waals surface area contributed by atoms with Gasteiger partial charge in [0.05, 0.1) is 12.8 Å². The highest BCUT2D eigenvalue weighted by Crippen LogP contribution is 2.11. The molecule has 0 N–H and O–H groups in total. The molecule has 0 aromatic carbocycles. The number of aryl methyl sites for hydroxylation is 1. The Hall–Kier alpha value is -2.76. The lowest BCUT2D eigenvalue weighted by molar-refractivity contribution is 0.0519. The van der Waals surface area contributed by atoms with Crippen molar-refractivity contribution in [2.75, 3.05) is 6.61 Å². The molecule has 0 saturated carbocycles. The lowest BCUT2D eigenvalue weighted by Gasteiger charge is -2.05. The zero-order valence-corrected chi connectivity index (χ0v) is 11.7. The summed E-state index contributed by atoms with van der Waals surface area (Å²) in [5.41, 5.74) is 0.909. The van der Waals surface area contributed by atoms with Gasteiger partial charge in [0.2, 0.25) is 0 Å². The van der Waals surface area contributed by atoms with Crippen molar-refractivity contribution in [3.05, 3.63) is 53.6 Å². The maximum atomic E-state index is 12.0. The second kappa shape index (κ2) is 6.60. The minimum Gasteiger partial charge on any atom is -0.461 e. The largest absolute Gasteiger partial charge is 0.461 e. The molecule has 21 heavy (non-hydrogen) atoms. The third-order valence-corrected chi connectivity index (χ3v) is 2.54. The molecule has 0 saturated heterocycles. The molecule has 0 radical (unpaired) electrons. The predicted molar refractivity (Wildman–Crippen MR) is 74.1 cm³/mol. The van der Waals surface area contributed by atoms with Gasteiger partial charge < -0.3 is 9.47 Å². The van der Waals surface area contributed by atoms with E-state index in [1.807, 2.05) is 6.92 Å². The van der Waals surface area contributed by atoms with Crippen molar-refractivity contribution in [1.29, 1.82) is 0 Å². The first-order chi connectivity index (χ1) is 10.1. The Morgan fingerprint density at radius 3 is 2.43 bits per heavy atom. The fraction of sp³-hybridized carbons (Fsp3) is 0.200. The molecule has 6 nitrogen and oxygen atoms in total. The molecule has 2 heterocycles. The van der Waals surface area contributed by atoms with Gasteiger partial charge in [-0.1, -0.05) is 6.07 Å². The van der Waals surface area contributed by atoms with Crippen molar-refractivity contribution in [1.82, 2.24) is 9.97 Å². The molecule has 0 atom stereocenters. The monoisotopic (exact) mass is 286 g/mol. The Morgan fingerprint density at radius 2 is 1.81 bits per heavy atom. The quantitative estimate of drug-likeness (QED) is 0.802. The third kappa shape index (κ3) is 3.85. The van der Waals surface area contributed by atoms with Crippen LogP contribution in [0.25, 0.3) is 0 Å². The molecule has 2 rings (SSSR count). The normalized spacial score (nSPS) is 10.0. The Bertz CT molecular complexity index is 653. The van der Waals surface area contributed by atoms with Gasteiger partial charge in [-0.15, -0.1) is 0 Å². The van der Waals surface area contributed by atoms with Crippen LogP contribution in [0.2, 0.25) is 0 Å². The number of carbonyl (C=O) groups is 2. The van der Waals surface area contributed by atoms with Gasteiger partial charge in [0.1, 0.15) is 17.1 Å². The minimum absolute atomic E-state index is 0.0288. The summed E-state index contributed by atoms with van der Waals surface area (Å²) in [4.78, 5) is 31.5. The number of nitrogens with zero attached hydrogens (tertiary/aromatic N) is 2. The van der Waals surface area contributed by atoms with E-state index >= 15 is 0 Å². The molecule has 6 heteroatoms. The van der Waals surface area contributed by atoms with Crippen LogP contribution < -0.4 is 4.74 Å². The smallest absolute Gasteiger partial charge is 0.362 e. The predicted octanol–water partition coefficient (Wildman–Crippen LogP) is 2.18. The Kier molecular flexibility index (Phi) is 4.61. The van der Waals surface area contributed by atoms with Crippen LogP contribution >= 0.6 is 0 Å². The Labute approximate surface area is 121 Å². The molecule has 0 aliphatic carbocycles. The molecule has 0 bridgehead atoms. The minimum atomic E-state index is -0.660. The van der Waals surface area contributed by atoms with Gasteiger partial charge in [0, 0.05) is 5.69 Å². The molecule has 2 aromatic heterocycles. The number of esters is 2. The number of pyridine rings is 2. The first kappa shape index (κ1) is 14.6. The summed E-state index contributed by atoms with van der Waals surface area (Å²) in [5.74, 6) is -0.926. The van der Waals surface area contributed by atoms with E-state index in [4.69, 9.17) is 9.47 Å². The van der Waals surface area contributed by atoms with E-state index in [2.05, 4.69) is 9.97 Å². The van der Waals surface area contributed by atoms with Crippen LogP contribution in [0.1, 0.15) is 33.6 Å². The van der Waals surface area contributed by atoms with Gasteiger partial charge in [0.25, 0.3) is 0 Å². The van der Waals surface area contributed by atoms with Crippen LogP contribution in [0.3, 0.4) is 0 Å². The van der Waals surface area contributed by atoms with Crippen molar-refractivity contribution < 1.29 is 19.1 Å². The average molecular weight is 286 g/mol. The van der Waals surface area contributed by atoms with Crippen molar-refractivity contribution in [2.45, 2.75) is 13.8 Å². The highest BCUT2D eigenvalue weighted by Gasteiger charge is 2.14. The van der Waals surface area contributed by atoms with Crippen LogP contribution in [-0.2, 0) is 4.74 Å². The highest BCUT2D eigenvalue weighted by molar-refractivity contribution is 5.92. The van der Waals surface area contributed by atoms with E-state index in [-0.39, 0.29) is 18.0 Å². The first-order valence-corrected chi connectivity index (χ1v) is 6.39. The molecule has 0 fully saturated rings. The maximum Gasteiger partial charge on any atom is 0.362 e. The lowest BCUT2D eigenvalue weighted by atomic mass is 10.3. The number of carbonyl (C=O) groups excluding carboxylic acids is 2. The molecule has 0 spiro atoms. The summed E-state index contributed by atoms with van der Waals surface area (Å²) in [5, 5.41) is 0.